The molecule has 0 spiro atoms. The Bertz CT molecular complexity index is 398. The lowest BCUT2D eigenvalue weighted by Gasteiger charge is -2.14. The minimum Gasteiger partial charge on any atom is -0.370 e. The Hall–Kier alpha value is -1.17. The van der Waals surface area contributed by atoms with Gasteiger partial charge in [0.2, 0.25) is 0 Å². The standard InChI is InChI=1S/C12H22N4OS/c1-4-6-10-11(13-5-2)15-9-16-12(10)14-7-8-18(3)17/h9H,4-8H2,1-3H3,(H2,13,14,15,16). The highest BCUT2D eigenvalue weighted by Crippen LogP contribution is 2.21. The van der Waals surface area contributed by atoms with E-state index in [-0.39, 0.29) is 0 Å². The second-order valence-electron chi connectivity index (χ2n) is 4.03. The molecular formula is C12H22N4OS. The summed E-state index contributed by atoms with van der Waals surface area (Å²) in [6, 6.07) is 0. The fourth-order valence-electron chi connectivity index (χ4n) is 1.68. The van der Waals surface area contributed by atoms with Crippen LogP contribution in [-0.4, -0.2) is 39.3 Å². The van der Waals surface area contributed by atoms with Crippen molar-refractivity contribution in [1.29, 1.82) is 0 Å². The van der Waals surface area contributed by atoms with Crippen molar-refractivity contribution in [2.75, 3.05) is 35.7 Å². The van der Waals surface area contributed by atoms with E-state index in [2.05, 4.69) is 27.5 Å². The molecule has 0 fully saturated rings. The third-order valence-corrected chi connectivity index (χ3v) is 3.25. The Morgan fingerprint density at radius 2 is 1.89 bits per heavy atom. The van der Waals surface area contributed by atoms with Gasteiger partial charge in [0.15, 0.2) is 0 Å². The first-order chi connectivity index (χ1) is 8.69. The van der Waals surface area contributed by atoms with Crippen LogP contribution >= 0.6 is 0 Å². The summed E-state index contributed by atoms with van der Waals surface area (Å²) in [4.78, 5) is 8.54. The molecule has 0 bridgehead atoms. The van der Waals surface area contributed by atoms with Gasteiger partial charge in [0.25, 0.3) is 0 Å². The van der Waals surface area contributed by atoms with Crippen molar-refractivity contribution < 1.29 is 4.21 Å². The van der Waals surface area contributed by atoms with Crippen LogP contribution < -0.4 is 10.6 Å². The van der Waals surface area contributed by atoms with Crippen LogP contribution in [0.25, 0.3) is 0 Å². The van der Waals surface area contributed by atoms with E-state index in [0.717, 1.165) is 36.6 Å². The van der Waals surface area contributed by atoms with Gasteiger partial charge < -0.3 is 10.6 Å². The number of hydrogen-bond acceptors (Lipinski definition) is 5. The maximum atomic E-state index is 11.0. The van der Waals surface area contributed by atoms with E-state index in [1.165, 1.54) is 0 Å². The van der Waals surface area contributed by atoms with Crippen LogP contribution in [0.4, 0.5) is 11.6 Å². The highest BCUT2D eigenvalue weighted by molar-refractivity contribution is 7.84. The molecule has 0 saturated carbocycles. The summed E-state index contributed by atoms with van der Waals surface area (Å²) in [5.74, 6) is 2.38. The van der Waals surface area contributed by atoms with E-state index >= 15 is 0 Å². The highest BCUT2D eigenvalue weighted by Gasteiger charge is 2.09. The molecule has 0 aliphatic heterocycles. The third-order valence-electron chi connectivity index (χ3n) is 2.47. The fraction of sp³-hybridized carbons (Fsp3) is 0.667. The minimum atomic E-state index is -0.780. The summed E-state index contributed by atoms with van der Waals surface area (Å²) in [6.07, 6.45) is 5.24. The summed E-state index contributed by atoms with van der Waals surface area (Å²) in [5.41, 5.74) is 1.11. The SMILES string of the molecule is CCCc1c(NCC)ncnc1NCCS(C)=O. The molecule has 6 heteroatoms. The second kappa shape index (κ2) is 8.02. The van der Waals surface area contributed by atoms with Gasteiger partial charge in [-0.1, -0.05) is 13.3 Å². The third kappa shape index (κ3) is 4.60. The van der Waals surface area contributed by atoms with Crippen molar-refractivity contribution in [3.05, 3.63) is 11.9 Å². The fourth-order valence-corrected chi connectivity index (χ4v) is 2.07. The predicted octanol–water partition coefficient (Wildman–Crippen LogP) is 1.65. The normalized spacial score (nSPS) is 12.2. The van der Waals surface area contributed by atoms with Gasteiger partial charge in [-0.15, -0.1) is 0 Å². The predicted molar refractivity (Wildman–Crippen MR) is 77.6 cm³/mol. The molecule has 18 heavy (non-hydrogen) atoms. The van der Waals surface area contributed by atoms with Crippen molar-refractivity contribution in [3.63, 3.8) is 0 Å². The second-order valence-corrected chi connectivity index (χ2v) is 5.59. The largest absolute Gasteiger partial charge is 0.370 e. The van der Waals surface area contributed by atoms with Gasteiger partial charge in [0.05, 0.1) is 0 Å². The zero-order valence-corrected chi connectivity index (χ0v) is 12.1. The van der Waals surface area contributed by atoms with Crippen molar-refractivity contribution in [2.24, 2.45) is 0 Å². The first-order valence-corrected chi connectivity index (χ1v) is 8.03. The molecule has 1 aromatic heterocycles. The number of rotatable bonds is 8. The topological polar surface area (TPSA) is 66.9 Å². The lowest BCUT2D eigenvalue weighted by molar-refractivity contribution is 0.687. The molecule has 1 heterocycles. The number of nitrogens with zero attached hydrogens (tertiary/aromatic N) is 2. The molecule has 0 aliphatic rings. The molecule has 0 radical (unpaired) electrons. The zero-order valence-electron chi connectivity index (χ0n) is 11.3. The molecule has 0 aromatic carbocycles. The summed E-state index contributed by atoms with van der Waals surface area (Å²) in [7, 11) is -0.780. The van der Waals surface area contributed by atoms with Crippen LogP contribution in [0.15, 0.2) is 6.33 Å². The highest BCUT2D eigenvalue weighted by atomic mass is 32.2. The maximum absolute atomic E-state index is 11.0. The Morgan fingerprint density at radius 3 is 2.44 bits per heavy atom. The van der Waals surface area contributed by atoms with Crippen molar-refractivity contribution in [3.8, 4) is 0 Å². The van der Waals surface area contributed by atoms with E-state index in [1.54, 1.807) is 12.6 Å². The van der Waals surface area contributed by atoms with E-state index in [9.17, 15) is 4.21 Å². The average Bonchev–Trinajstić information content (AvgIpc) is 2.33. The Labute approximate surface area is 111 Å². The van der Waals surface area contributed by atoms with E-state index < -0.39 is 10.8 Å². The van der Waals surface area contributed by atoms with Gasteiger partial charge in [-0.25, -0.2) is 9.97 Å². The molecule has 0 aliphatic carbocycles. The van der Waals surface area contributed by atoms with Gasteiger partial charge in [-0.2, -0.15) is 0 Å². The molecule has 1 rings (SSSR count). The Balaban J connectivity index is 2.80. The van der Waals surface area contributed by atoms with Gasteiger partial charge in [0.1, 0.15) is 18.0 Å². The summed E-state index contributed by atoms with van der Waals surface area (Å²) in [6.45, 7) is 5.69. The average molecular weight is 270 g/mol. The minimum absolute atomic E-state index is 0.631. The number of anilines is 2. The first-order valence-electron chi connectivity index (χ1n) is 6.30. The Kier molecular flexibility index (Phi) is 6.64. The molecule has 1 unspecified atom stereocenters. The van der Waals surface area contributed by atoms with Crippen LogP contribution in [0.2, 0.25) is 0 Å². The van der Waals surface area contributed by atoms with Gasteiger partial charge >= 0.3 is 0 Å². The van der Waals surface area contributed by atoms with Crippen LogP contribution in [0.3, 0.4) is 0 Å². The Morgan fingerprint density at radius 1 is 1.22 bits per heavy atom. The number of nitrogens with one attached hydrogen (secondary N) is 2. The first kappa shape index (κ1) is 14.9. The lowest BCUT2D eigenvalue weighted by Crippen LogP contribution is -2.14. The zero-order chi connectivity index (χ0) is 13.4. The van der Waals surface area contributed by atoms with Gasteiger partial charge in [-0.3, -0.25) is 4.21 Å². The van der Waals surface area contributed by atoms with Crippen molar-refractivity contribution in [2.45, 2.75) is 26.7 Å². The number of aromatic nitrogens is 2. The van der Waals surface area contributed by atoms with Crippen LogP contribution in [0.5, 0.6) is 0 Å². The molecular weight excluding hydrogens is 248 g/mol. The molecule has 0 amide bonds. The van der Waals surface area contributed by atoms with Gasteiger partial charge in [-0.05, 0) is 13.3 Å². The molecule has 1 aromatic rings. The van der Waals surface area contributed by atoms with Crippen LogP contribution in [0, 0.1) is 0 Å². The summed E-state index contributed by atoms with van der Waals surface area (Å²) in [5, 5.41) is 6.49. The van der Waals surface area contributed by atoms with Crippen LogP contribution in [-0.2, 0) is 17.2 Å². The maximum Gasteiger partial charge on any atom is 0.134 e. The molecule has 5 nitrogen and oxygen atoms in total. The van der Waals surface area contributed by atoms with Gasteiger partial charge in [0, 0.05) is 41.5 Å². The molecule has 1 atom stereocenters. The van der Waals surface area contributed by atoms with Crippen LogP contribution in [0.1, 0.15) is 25.8 Å². The van der Waals surface area contributed by atoms with E-state index in [4.69, 9.17) is 0 Å². The summed E-state index contributed by atoms with van der Waals surface area (Å²) >= 11 is 0. The molecule has 0 saturated heterocycles. The quantitative estimate of drug-likeness (QED) is 0.752. The van der Waals surface area contributed by atoms with Crippen molar-refractivity contribution >= 4 is 22.4 Å². The van der Waals surface area contributed by atoms with Crippen molar-refractivity contribution in [1.82, 2.24) is 9.97 Å². The number of hydrogen-bond donors (Lipinski definition) is 2. The van der Waals surface area contributed by atoms with E-state index in [1.807, 2.05) is 6.92 Å². The summed E-state index contributed by atoms with van der Waals surface area (Å²) < 4.78 is 11.0. The molecule has 102 valence electrons. The lowest BCUT2D eigenvalue weighted by atomic mass is 10.1. The molecule has 2 N–H and O–H groups in total. The van der Waals surface area contributed by atoms with E-state index in [0.29, 0.717) is 12.3 Å². The smallest absolute Gasteiger partial charge is 0.134 e. The monoisotopic (exact) mass is 270 g/mol.